The van der Waals surface area contributed by atoms with Crippen molar-refractivity contribution in [2.24, 2.45) is 0 Å². The molecule has 21 heavy (non-hydrogen) atoms. The number of unbranched alkanes of at least 4 members (excludes halogenated alkanes) is 3. The molecule has 0 aliphatic heterocycles. The molecule has 1 N–H and O–H groups in total. The predicted octanol–water partition coefficient (Wildman–Crippen LogP) is 3.95. The van der Waals surface area contributed by atoms with Gasteiger partial charge < -0.3 is 0 Å². The highest BCUT2D eigenvalue weighted by Crippen LogP contribution is 2.36. The zero-order valence-electron chi connectivity index (χ0n) is 12.0. The number of hydrogen-bond donors (Lipinski definition) is 1. The van der Waals surface area contributed by atoms with Crippen molar-refractivity contribution in [1.82, 2.24) is 4.72 Å². The van der Waals surface area contributed by atoms with Crippen LogP contribution in [0.15, 0.2) is 10.3 Å². The van der Waals surface area contributed by atoms with Gasteiger partial charge in [0.05, 0.1) is 4.92 Å². The van der Waals surface area contributed by atoms with Gasteiger partial charge in [-0.1, -0.05) is 44.2 Å². The highest BCUT2D eigenvalue weighted by Gasteiger charge is 2.26. The number of halogens is 1. The molecule has 1 heterocycles. The fourth-order valence-corrected chi connectivity index (χ4v) is 4.81. The van der Waals surface area contributed by atoms with Crippen LogP contribution >= 0.6 is 22.9 Å². The van der Waals surface area contributed by atoms with E-state index in [0.717, 1.165) is 38.2 Å². The molecule has 0 radical (unpaired) electrons. The molecule has 0 spiro atoms. The number of nitro groups is 1. The molecular formula is C12H19ClN2O4S2. The Bertz CT molecular complexity index is 586. The Balaban J connectivity index is 2.68. The van der Waals surface area contributed by atoms with E-state index in [1.165, 1.54) is 0 Å². The Hall–Kier alpha value is -0.700. The summed E-state index contributed by atoms with van der Waals surface area (Å²) in [6.07, 6.45) is 5.01. The number of rotatable bonds is 9. The van der Waals surface area contributed by atoms with E-state index >= 15 is 0 Å². The number of nitrogens with zero attached hydrogens (tertiary/aromatic N) is 1. The lowest BCUT2D eigenvalue weighted by molar-refractivity contribution is -0.384. The molecule has 1 rings (SSSR count). The Labute approximate surface area is 133 Å². The van der Waals surface area contributed by atoms with E-state index in [1.807, 2.05) is 0 Å². The molecule has 1 atom stereocenters. The van der Waals surface area contributed by atoms with Crippen LogP contribution in [0, 0.1) is 10.1 Å². The van der Waals surface area contributed by atoms with Gasteiger partial charge in [0.25, 0.3) is 15.7 Å². The van der Waals surface area contributed by atoms with Gasteiger partial charge in [-0.15, -0.1) is 11.3 Å². The van der Waals surface area contributed by atoms with E-state index in [1.54, 1.807) is 6.92 Å². The van der Waals surface area contributed by atoms with Crippen molar-refractivity contribution in [2.75, 3.05) is 0 Å². The molecule has 0 saturated heterocycles. The largest absolute Gasteiger partial charge is 0.300 e. The quantitative estimate of drug-likeness (QED) is 0.413. The lowest BCUT2D eigenvalue weighted by Crippen LogP contribution is -2.32. The second-order valence-electron chi connectivity index (χ2n) is 4.85. The maximum Gasteiger partial charge on any atom is 0.300 e. The van der Waals surface area contributed by atoms with Gasteiger partial charge in [-0.3, -0.25) is 10.1 Å². The van der Waals surface area contributed by atoms with E-state index in [-0.39, 0.29) is 20.3 Å². The lowest BCUT2D eigenvalue weighted by atomic mass is 10.1. The molecule has 0 fully saturated rings. The van der Waals surface area contributed by atoms with E-state index in [4.69, 9.17) is 11.6 Å². The van der Waals surface area contributed by atoms with Crippen LogP contribution < -0.4 is 4.72 Å². The zero-order valence-corrected chi connectivity index (χ0v) is 14.4. The average molecular weight is 355 g/mol. The molecule has 0 aliphatic rings. The first-order valence-electron chi connectivity index (χ1n) is 6.74. The minimum Gasteiger partial charge on any atom is -0.258 e. The van der Waals surface area contributed by atoms with Crippen LogP contribution in [0.4, 0.5) is 5.69 Å². The average Bonchev–Trinajstić information content (AvgIpc) is 2.77. The molecule has 0 aromatic carbocycles. The molecule has 0 saturated carbocycles. The fraction of sp³-hybridized carbons (Fsp3) is 0.667. The normalized spacial score (nSPS) is 13.3. The second-order valence-corrected chi connectivity index (χ2v) is 8.45. The van der Waals surface area contributed by atoms with Gasteiger partial charge >= 0.3 is 0 Å². The molecule has 1 aromatic rings. The summed E-state index contributed by atoms with van der Waals surface area (Å²) in [7, 11) is -3.76. The highest BCUT2D eigenvalue weighted by atomic mass is 35.5. The minimum absolute atomic E-state index is 0.125. The molecule has 0 amide bonds. The second kappa shape index (κ2) is 8.07. The smallest absolute Gasteiger partial charge is 0.258 e. The molecular weight excluding hydrogens is 336 g/mol. The van der Waals surface area contributed by atoms with E-state index < -0.39 is 14.9 Å². The van der Waals surface area contributed by atoms with Gasteiger partial charge in [0.2, 0.25) is 0 Å². The van der Waals surface area contributed by atoms with Crippen molar-refractivity contribution in [2.45, 2.75) is 56.2 Å². The highest BCUT2D eigenvalue weighted by molar-refractivity contribution is 7.91. The summed E-state index contributed by atoms with van der Waals surface area (Å²) in [4.78, 5) is 10.0. The molecule has 0 aliphatic carbocycles. The number of sulfonamides is 1. The molecule has 9 heteroatoms. The van der Waals surface area contributed by atoms with E-state index in [9.17, 15) is 18.5 Å². The van der Waals surface area contributed by atoms with Gasteiger partial charge in [0, 0.05) is 12.1 Å². The third kappa shape index (κ3) is 5.54. The summed E-state index contributed by atoms with van der Waals surface area (Å²) in [5, 5.41) is 10.7. The number of hydrogen-bond acceptors (Lipinski definition) is 5. The standard InChI is InChI=1S/C12H19ClN2O4S2/c1-3-4-5-6-7-9(2)14-21(18,19)11-8-10(15(16)17)12(13)20-11/h8-9,14H,3-7H2,1-2H3. The van der Waals surface area contributed by atoms with Crippen molar-refractivity contribution < 1.29 is 13.3 Å². The van der Waals surface area contributed by atoms with Crippen LogP contribution in [-0.4, -0.2) is 19.4 Å². The summed E-state index contributed by atoms with van der Waals surface area (Å²) in [5.74, 6) is 0. The summed E-state index contributed by atoms with van der Waals surface area (Å²) < 4.78 is 26.6. The summed E-state index contributed by atoms with van der Waals surface area (Å²) in [6, 6.07) is 0.783. The van der Waals surface area contributed by atoms with Crippen LogP contribution in [0.5, 0.6) is 0 Å². The Morgan fingerprint density at radius 2 is 2.10 bits per heavy atom. The summed E-state index contributed by atoms with van der Waals surface area (Å²) in [6.45, 7) is 3.90. The Kier molecular flexibility index (Phi) is 7.05. The first-order valence-corrected chi connectivity index (χ1v) is 9.41. The van der Waals surface area contributed by atoms with Gasteiger partial charge in [0.1, 0.15) is 4.21 Å². The van der Waals surface area contributed by atoms with Crippen molar-refractivity contribution >= 4 is 38.6 Å². The summed E-state index contributed by atoms with van der Waals surface area (Å²) in [5.41, 5.74) is -0.377. The molecule has 1 aromatic heterocycles. The number of thiophene rings is 1. The Morgan fingerprint density at radius 3 is 2.62 bits per heavy atom. The SMILES string of the molecule is CCCCCCC(C)NS(=O)(=O)c1cc([N+](=O)[O-])c(Cl)s1. The van der Waals surface area contributed by atoms with E-state index in [0.29, 0.717) is 11.3 Å². The van der Waals surface area contributed by atoms with Crippen LogP contribution in [0.3, 0.4) is 0 Å². The first kappa shape index (κ1) is 18.3. The third-order valence-electron chi connectivity index (χ3n) is 2.95. The van der Waals surface area contributed by atoms with Gasteiger partial charge in [-0.25, -0.2) is 13.1 Å². The maximum absolute atomic E-state index is 12.1. The monoisotopic (exact) mass is 354 g/mol. The number of nitrogens with one attached hydrogen (secondary N) is 1. The van der Waals surface area contributed by atoms with Gasteiger partial charge in [-0.05, 0) is 13.3 Å². The molecule has 120 valence electrons. The topological polar surface area (TPSA) is 89.3 Å². The van der Waals surface area contributed by atoms with E-state index in [2.05, 4.69) is 11.6 Å². The Morgan fingerprint density at radius 1 is 1.43 bits per heavy atom. The van der Waals surface area contributed by atoms with Crippen molar-refractivity contribution in [1.29, 1.82) is 0 Å². The lowest BCUT2D eigenvalue weighted by Gasteiger charge is -2.12. The third-order valence-corrected chi connectivity index (χ3v) is 6.36. The van der Waals surface area contributed by atoms with Crippen LogP contribution in [0.25, 0.3) is 0 Å². The first-order chi connectivity index (χ1) is 9.77. The van der Waals surface area contributed by atoms with Gasteiger partial charge in [0.15, 0.2) is 4.34 Å². The van der Waals surface area contributed by atoms with Crippen LogP contribution in [0.2, 0.25) is 4.34 Å². The maximum atomic E-state index is 12.1. The predicted molar refractivity (Wildman–Crippen MR) is 84.5 cm³/mol. The van der Waals surface area contributed by atoms with Gasteiger partial charge in [-0.2, -0.15) is 0 Å². The zero-order chi connectivity index (χ0) is 16.0. The van der Waals surface area contributed by atoms with Crippen molar-refractivity contribution in [3.63, 3.8) is 0 Å². The summed E-state index contributed by atoms with van der Waals surface area (Å²) >= 11 is 6.38. The minimum atomic E-state index is -3.76. The molecule has 0 bridgehead atoms. The van der Waals surface area contributed by atoms with Crippen LogP contribution in [-0.2, 0) is 10.0 Å². The molecule has 1 unspecified atom stereocenters. The van der Waals surface area contributed by atoms with Crippen LogP contribution in [0.1, 0.15) is 46.0 Å². The van der Waals surface area contributed by atoms with Crippen molar-refractivity contribution in [3.8, 4) is 0 Å². The fourth-order valence-electron chi connectivity index (χ4n) is 1.85. The van der Waals surface area contributed by atoms with Crippen molar-refractivity contribution in [3.05, 3.63) is 20.5 Å². The molecule has 6 nitrogen and oxygen atoms in total.